The first-order valence-corrected chi connectivity index (χ1v) is 11.6. The molecule has 0 aromatic heterocycles. The lowest BCUT2D eigenvalue weighted by Crippen LogP contribution is -2.45. The summed E-state index contributed by atoms with van der Waals surface area (Å²) >= 11 is 0. The van der Waals surface area contributed by atoms with Crippen LogP contribution in [0.2, 0.25) is 0 Å². The van der Waals surface area contributed by atoms with E-state index in [2.05, 4.69) is 64.8 Å². The zero-order chi connectivity index (χ0) is 19.6. The number of aryl methyl sites for hydroxylation is 2. The van der Waals surface area contributed by atoms with Crippen LogP contribution in [0.1, 0.15) is 96.3 Å². The minimum Gasteiger partial charge on any atom is -0.292 e. The Morgan fingerprint density at radius 3 is 2.30 bits per heavy atom. The third-order valence-corrected chi connectivity index (χ3v) is 7.80. The summed E-state index contributed by atoms with van der Waals surface area (Å²) < 4.78 is 0. The summed E-state index contributed by atoms with van der Waals surface area (Å²) in [6, 6.07) is 7.88. The molecule has 1 aliphatic carbocycles. The highest BCUT2D eigenvalue weighted by Gasteiger charge is 2.56. The molecule has 2 heteroatoms. The average molecular weight is 372 g/mol. The lowest BCUT2D eigenvalue weighted by atomic mass is 9.62. The first kappa shape index (κ1) is 20.9. The minimum atomic E-state index is 0.0432. The standard InChI is InChI=1S/C25H41NO/c1-7-18-13-14-19(8-2)22(15-18)21-16-20(9-3)24-23(17-21)25(10-4,11-5)27-26(24)12-6/h13-15,20-21,23-24H,7-12,16-17H2,1-6H3/t20-,21+,23+,24+/m0/s1. The summed E-state index contributed by atoms with van der Waals surface area (Å²) in [6.45, 7) is 14.9. The van der Waals surface area contributed by atoms with E-state index < -0.39 is 0 Å². The van der Waals surface area contributed by atoms with E-state index in [9.17, 15) is 0 Å². The molecule has 1 aromatic rings. The van der Waals surface area contributed by atoms with Crippen LogP contribution in [0.3, 0.4) is 0 Å². The predicted molar refractivity (Wildman–Crippen MR) is 115 cm³/mol. The topological polar surface area (TPSA) is 12.5 Å². The van der Waals surface area contributed by atoms with Gasteiger partial charge >= 0.3 is 0 Å². The van der Waals surface area contributed by atoms with Crippen LogP contribution in [-0.4, -0.2) is 23.3 Å². The van der Waals surface area contributed by atoms with E-state index in [4.69, 9.17) is 4.84 Å². The van der Waals surface area contributed by atoms with E-state index >= 15 is 0 Å². The number of hydrogen-bond acceptors (Lipinski definition) is 2. The fourth-order valence-corrected chi connectivity index (χ4v) is 6.11. The number of hydroxylamine groups is 2. The maximum Gasteiger partial charge on any atom is 0.0938 e. The predicted octanol–water partition coefficient (Wildman–Crippen LogP) is 6.53. The number of benzene rings is 1. The maximum absolute atomic E-state index is 6.69. The molecule has 1 heterocycles. The van der Waals surface area contributed by atoms with Crippen molar-refractivity contribution < 1.29 is 4.84 Å². The van der Waals surface area contributed by atoms with Gasteiger partial charge in [0.2, 0.25) is 0 Å². The summed E-state index contributed by atoms with van der Waals surface area (Å²) in [4.78, 5) is 6.69. The van der Waals surface area contributed by atoms with Crippen molar-refractivity contribution in [1.82, 2.24) is 5.06 Å². The summed E-state index contributed by atoms with van der Waals surface area (Å²) in [5.74, 6) is 2.09. The molecule has 27 heavy (non-hydrogen) atoms. The van der Waals surface area contributed by atoms with Gasteiger partial charge in [0.05, 0.1) is 5.60 Å². The Morgan fingerprint density at radius 2 is 1.74 bits per heavy atom. The third-order valence-electron chi connectivity index (χ3n) is 7.80. The van der Waals surface area contributed by atoms with Crippen LogP contribution in [0.5, 0.6) is 0 Å². The van der Waals surface area contributed by atoms with Gasteiger partial charge in [-0.25, -0.2) is 0 Å². The SMILES string of the molecule is CCc1ccc(CC)c([C@@H]2C[C@H](CC)[C@@H]3[C@@H](C2)C(CC)(CC)ON3CC)c1. The van der Waals surface area contributed by atoms with Crippen molar-refractivity contribution in [3.05, 3.63) is 34.9 Å². The normalized spacial score (nSPS) is 30.4. The van der Waals surface area contributed by atoms with Gasteiger partial charge in [0, 0.05) is 18.5 Å². The zero-order valence-corrected chi connectivity index (χ0v) is 18.6. The molecule has 0 radical (unpaired) electrons. The Hall–Kier alpha value is -0.860. The molecule has 3 rings (SSSR count). The fourth-order valence-electron chi connectivity index (χ4n) is 6.11. The summed E-state index contributed by atoms with van der Waals surface area (Å²) in [5.41, 5.74) is 4.74. The molecule has 0 N–H and O–H groups in total. The van der Waals surface area contributed by atoms with Crippen molar-refractivity contribution in [3.8, 4) is 0 Å². The quantitative estimate of drug-likeness (QED) is 0.540. The molecule has 4 atom stereocenters. The molecular formula is C25H41NO. The van der Waals surface area contributed by atoms with Gasteiger partial charge in [0.15, 0.2) is 0 Å². The molecule has 2 fully saturated rings. The van der Waals surface area contributed by atoms with Crippen LogP contribution in [0.4, 0.5) is 0 Å². The number of hydrogen-bond donors (Lipinski definition) is 0. The van der Waals surface area contributed by atoms with E-state index in [0.717, 1.165) is 38.1 Å². The van der Waals surface area contributed by atoms with Gasteiger partial charge < -0.3 is 0 Å². The van der Waals surface area contributed by atoms with E-state index in [1.54, 1.807) is 11.1 Å². The lowest BCUT2D eigenvalue weighted by molar-refractivity contribution is -0.210. The van der Waals surface area contributed by atoms with Gasteiger partial charge in [-0.1, -0.05) is 66.2 Å². The Labute approximate surface area is 167 Å². The number of rotatable bonds is 7. The van der Waals surface area contributed by atoms with Crippen molar-refractivity contribution in [1.29, 1.82) is 0 Å². The summed E-state index contributed by atoms with van der Waals surface area (Å²) in [7, 11) is 0. The molecule has 1 aromatic carbocycles. The molecule has 0 unspecified atom stereocenters. The molecule has 1 saturated carbocycles. The third kappa shape index (κ3) is 3.60. The van der Waals surface area contributed by atoms with E-state index in [1.807, 2.05) is 0 Å². The largest absolute Gasteiger partial charge is 0.292 e. The fraction of sp³-hybridized carbons (Fsp3) is 0.760. The highest BCUT2D eigenvalue weighted by atomic mass is 16.7. The van der Waals surface area contributed by atoms with Crippen LogP contribution in [0, 0.1) is 11.8 Å². The Bertz CT molecular complexity index is 621. The van der Waals surface area contributed by atoms with Crippen molar-refractivity contribution in [2.24, 2.45) is 11.8 Å². The van der Waals surface area contributed by atoms with E-state index in [0.29, 0.717) is 17.9 Å². The summed E-state index contributed by atoms with van der Waals surface area (Å²) in [5, 5.41) is 2.37. The van der Waals surface area contributed by atoms with E-state index in [1.165, 1.54) is 24.8 Å². The van der Waals surface area contributed by atoms with Crippen molar-refractivity contribution in [2.45, 2.75) is 104 Å². The van der Waals surface area contributed by atoms with Gasteiger partial charge in [0.1, 0.15) is 0 Å². The minimum absolute atomic E-state index is 0.0432. The molecule has 152 valence electrons. The first-order valence-electron chi connectivity index (χ1n) is 11.6. The van der Waals surface area contributed by atoms with Gasteiger partial charge in [-0.15, -0.1) is 0 Å². The molecule has 2 aliphatic rings. The molecule has 0 bridgehead atoms. The number of fused-ring (bicyclic) bond motifs is 1. The molecule has 0 spiro atoms. The first-order chi connectivity index (χ1) is 13.1. The van der Waals surface area contributed by atoms with E-state index in [-0.39, 0.29) is 5.60 Å². The van der Waals surface area contributed by atoms with Crippen LogP contribution in [0.25, 0.3) is 0 Å². The molecule has 1 aliphatic heterocycles. The average Bonchev–Trinajstić information content (AvgIpc) is 3.06. The Morgan fingerprint density at radius 1 is 1.00 bits per heavy atom. The number of nitrogens with zero attached hydrogens (tertiary/aromatic N) is 1. The van der Waals surface area contributed by atoms with Gasteiger partial charge in [-0.05, 0) is 67.1 Å². The second-order valence-electron chi connectivity index (χ2n) is 8.77. The van der Waals surface area contributed by atoms with Crippen LogP contribution < -0.4 is 0 Å². The highest BCUT2D eigenvalue weighted by Crippen LogP contribution is 2.54. The van der Waals surface area contributed by atoms with Gasteiger partial charge in [0.25, 0.3) is 0 Å². The van der Waals surface area contributed by atoms with Crippen molar-refractivity contribution in [3.63, 3.8) is 0 Å². The smallest absolute Gasteiger partial charge is 0.0938 e. The van der Waals surface area contributed by atoms with Gasteiger partial charge in [-0.3, -0.25) is 4.84 Å². The second-order valence-corrected chi connectivity index (χ2v) is 8.77. The van der Waals surface area contributed by atoms with Crippen LogP contribution >= 0.6 is 0 Å². The lowest BCUT2D eigenvalue weighted by Gasteiger charge is -2.43. The highest BCUT2D eigenvalue weighted by molar-refractivity contribution is 5.36. The van der Waals surface area contributed by atoms with Crippen LogP contribution in [0.15, 0.2) is 18.2 Å². The zero-order valence-electron chi connectivity index (χ0n) is 18.6. The Balaban J connectivity index is 2.00. The molecule has 0 amide bonds. The maximum atomic E-state index is 6.69. The van der Waals surface area contributed by atoms with Gasteiger partial charge in [-0.2, -0.15) is 5.06 Å². The van der Waals surface area contributed by atoms with Crippen molar-refractivity contribution in [2.75, 3.05) is 6.54 Å². The second kappa shape index (κ2) is 8.66. The molecular weight excluding hydrogens is 330 g/mol. The monoisotopic (exact) mass is 371 g/mol. The van der Waals surface area contributed by atoms with Crippen molar-refractivity contribution >= 4 is 0 Å². The summed E-state index contributed by atoms with van der Waals surface area (Å²) in [6.07, 6.45) is 8.40. The molecule has 2 nitrogen and oxygen atoms in total. The Kier molecular flexibility index (Phi) is 6.69. The van der Waals surface area contributed by atoms with Crippen LogP contribution in [-0.2, 0) is 17.7 Å². The molecule has 1 saturated heterocycles.